The molecule has 1 unspecified atom stereocenters. The molecule has 0 saturated carbocycles. The summed E-state index contributed by atoms with van der Waals surface area (Å²) in [5.74, 6) is 0.293. The smallest absolute Gasteiger partial charge is 0.320 e. The molecule has 0 aliphatic heterocycles. The van der Waals surface area contributed by atoms with E-state index in [4.69, 9.17) is 5.73 Å². The van der Waals surface area contributed by atoms with Crippen LogP contribution in [-0.4, -0.2) is 28.6 Å². The number of carbonyl (C=O) groups is 1. The van der Waals surface area contributed by atoms with Crippen molar-refractivity contribution in [1.82, 2.24) is 4.98 Å². The van der Waals surface area contributed by atoms with Gasteiger partial charge in [-0.25, -0.2) is 4.98 Å². The Morgan fingerprint density at radius 2 is 2.47 bits per heavy atom. The maximum absolute atomic E-state index is 11.1. The average molecular weight is 291 g/mol. The lowest BCUT2D eigenvalue weighted by Gasteiger charge is -2.06. The summed E-state index contributed by atoms with van der Waals surface area (Å²) in [6.45, 7) is 0. The Kier molecular flexibility index (Phi) is 4.90. The second-order valence-corrected chi connectivity index (χ2v) is 4.88. The first-order chi connectivity index (χ1) is 7.13. The summed E-state index contributed by atoms with van der Waals surface area (Å²) in [4.78, 5) is 14.9. The lowest BCUT2D eigenvalue weighted by atomic mass is 10.4. The number of aromatic nitrogens is 1. The van der Waals surface area contributed by atoms with Crippen LogP contribution in [0.5, 0.6) is 0 Å². The van der Waals surface area contributed by atoms with Crippen LogP contribution in [0.4, 0.5) is 5.69 Å². The molecule has 2 N–H and O–H groups in total. The van der Waals surface area contributed by atoms with E-state index in [0.29, 0.717) is 11.4 Å². The second-order valence-electron chi connectivity index (χ2n) is 2.73. The first-order valence-corrected chi connectivity index (χ1v) is 6.10. The highest BCUT2D eigenvalue weighted by molar-refractivity contribution is 9.10. The molecule has 0 fully saturated rings. The summed E-state index contributed by atoms with van der Waals surface area (Å²) >= 11 is 4.69. The minimum atomic E-state index is -0.313. The second kappa shape index (κ2) is 5.97. The molecular weight excluding hydrogens is 280 g/mol. The fourth-order valence-electron chi connectivity index (χ4n) is 0.832. The van der Waals surface area contributed by atoms with Gasteiger partial charge in [0.25, 0.3) is 0 Å². The molecule has 1 rings (SSSR count). The molecule has 0 aliphatic carbocycles. The van der Waals surface area contributed by atoms with Crippen LogP contribution in [0.2, 0.25) is 0 Å². The molecule has 0 aromatic carbocycles. The molecule has 15 heavy (non-hydrogen) atoms. The van der Waals surface area contributed by atoms with E-state index in [2.05, 4.69) is 25.7 Å². The number of nitrogens with two attached hydrogens (primary N) is 1. The number of nitrogens with zero attached hydrogens (tertiary/aromatic N) is 1. The van der Waals surface area contributed by atoms with Gasteiger partial charge in [-0.3, -0.25) is 4.79 Å². The topological polar surface area (TPSA) is 65.2 Å². The van der Waals surface area contributed by atoms with Crippen LogP contribution in [0.3, 0.4) is 0 Å². The molecule has 1 heterocycles. The van der Waals surface area contributed by atoms with E-state index >= 15 is 0 Å². The van der Waals surface area contributed by atoms with Crippen LogP contribution < -0.4 is 5.73 Å². The van der Waals surface area contributed by atoms with Gasteiger partial charge in [0.2, 0.25) is 0 Å². The quantitative estimate of drug-likeness (QED) is 0.519. The normalized spacial score (nSPS) is 12.1. The van der Waals surface area contributed by atoms with Gasteiger partial charge >= 0.3 is 5.97 Å². The zero-order valence-electron chi connectivity index (χ0n) is 8.14. The van der Waals surface area contributed by atoms with Crippen LogP contribution in [-0.2, 0) is 9.53 Å². The molecule has 6 heteroatoms. The van der Waals surface area contributed by atoms with Gasteiger partial charge in [0.15, 0.2) is 0 Å². The summed E-state index contributed by atoms with van der Waals surface area (Å²) < 4.78 is 4.58. The van der Waals surface area contributed by atoms with Crippen LogP contribution in [0.25, 0.3) is 0 Å². The summed E-state index contributed by atoms with van der Waals surface area (Å²) in [6, 6.07) is 3.59. The van der Waals surface area contributed by atoms with Crippen molar-refractivity contribution in [2.45, 2.75) is 9.85 Å². The molecule has 0 bridgehead atoms. The number of methoxy groups -OCH3 is 1. The lowest BCUT2D eigenvalue weighted by Crippen LogP contribution is -2.17. The van der Waals surface area contributed by atoms with Gasteiger partial charge in [-0.1, -0.05) is 15.9 Å². The van der Waals surface area contributed by atoms with Crippen molar-refractivity contribution in [3.63, 3.8) is 0 Å². The number of rotatable bonds is 4. The van der Waals surface area contributed by atoms with Crippen LogP contribution >= 0.6 is 27.7 Å². The van der Waals surface area contributed by atoms with Crippen molar-refractivity contribution in [2.75, 3.05) is 18.6 Å². The first kappa shape index (κ1) is 12.3. The molecule has 0 saturated heterocycles. The number of thioether (sulfide) groups is 1. The van der Waals surface area contributed by atoms with Gasteiger partial charge in [0.1, 0.15) is 4.83 Å². The minimum absolute atomic E-state index is 0.280. The van der Waals surface area contributed by atoms with Crippen molar-refractivity contribution in [3.05, 3.63) is 18.3 Å². The highest BCUT2D eigenvalue weighted by atomic mass is 79.9. The van der Waals surface area contributed by atoms with Crippen molar-refractivity contribution in [1.29, 1.82) is 0 Å². The Morgan fingerprint density at radius 3 is 3.00 bits per heavy atom. The average Bonchev–Trinajstić information content (AvgIpc) is 2.26. The molecule has 1 atom stereocenters. The monoisotopic (exact) mass is 290 g/mol. The number of anilines is 1. The van der Waals surface area contributed by atoms with Crippen molar-refractivity contribution in [2.24, 2.45) is 0 Å². The van der Waals surface area contributed by atoms with Gasteiger partial charge in [0, 0.05) is 5.75 Å². The summed E-state index contributed by atoms with van der Waals surface area (Å²) in [5, 5.41) is 0.831. The van der Waals surface area contributed by atoms with Crippen molar-refractivity contribution >= 4 is 39.3 Å². The molecule has 0 aliphatic rings. The van der Waals surface area contributed by atoms with E-state index in [1.165, 1.54) is 18.9 Å². The summed E-state index contributed by atoms with van der Waals surface area (Å²) in [7, 11) is 1.36. The maximum Gasteiger partial charge on any atom is 0.320 e. The number of hydrogen-bond acceptors (Lipinski definition) is 5. The fraction of sp³-hybridized carbons (Fsp3) is 0.333. The molecule has 0 amide bonds. The van der Waals surface area contributed by atoms with E-state index in [1.807, 2.05) is 6.07 Å². The third kappa shape index (κ3) is 4.09. The third-order valence-corrected chi connectivity index (χ3v) is 3.76. The Bertz CT molecular complexity index is 331. The standard InChI is InChI=1S/C9H11BrN2O2S/c1-14-9(13)7(10)5-15-8-3-2-6(11)4-12-8/h2-4,7H,5,11H2,1H3. The molecule has 1 aromatic heterocycles. The van der Waals surface area contributed by atoms with E-state index < -0.39 is 0 Å². The maximum atomic E-state index is 11.1. The Balaban J connectivity index is 2.43. The number of ether oxygens (including phenoxy) is 1. The summed E-state index contributed by atoms with van der Waals surface area (Å²) in [5.41, 5.74) is 6.12. The molecule has 0 spiro atoms. The van der Waals surface area contributed by atoms with E-state index in [0.717, 1.165) is 5.03 Å². The van der Waals surface area contributed by atoms with E-state index in [-0.39, 0.29) is 10.8 Å². The minimum Gasteiger partial charge on any atom is -0.468 e. The van der Waals surface area contributed by atoms with Crippen molar-refractivity contribution < 1.29 is 9.53 Å². The molecule has 4 nitrogen and oxygen atoms in total. The highest BCUT2D eigenvalue weighted by Gasteiger charge is 2.15. The molecule has 0 radical (unpaired) electrons. The number of esters is 1. The number of nitrogen functional groups attached to an aromatic ring is 1. The first-order valence-electron chi connectivity index (χ1n) is 4.19. The van der Waals surface area contributed by atoms with Gasteiger partial charge in [0.05, 0.1) is 24.0 Å². The number of carbonyl (C=O) groups excluding carboxylic acids is 1. The zero-order chi connectivity index (χ0) is 11.3. The Morgan fingerprint density at radius 1 is 1.73 bits per heavy atom. The predicted molar refractivity (Wildman–Crippen MR) is 64.1 cm³/mol. The predicted octanol–water partition coefficient (Wildman–Crippen LogP) is 1.69. The zero-order valence-corrected chi connectivity index (χ0v) is 10.5. The van der Waals surface area contributed by atoms with Crippen LogP contribution in [0.1, 0.15) is 0 Å². The summed E-state index contributed by atoms with van der Waals surface area (Å²) in [6.07, 6.45) is 1.59. The highest BCUT2D eigenvalue weighted by Crippen LogP contribution is 2.20. The Labute approximate surface area is 101 Å². The molecule has 1 aromatic rings. The number of alkyl halides is 1. The number of hydrogen-bond donors (Lipinski definition) is 1. The van der Waals surface area contributed by atoms with Gasteiger partial charge < -0.3 is 10.5 Å². The SMILES string of the molecule is COC(=O)C(Br)CSc1ccc(N)cn1. The number of halogens is 1. The largest absolute Gasteiger partial charge is 0.468 e. The van der Waals surface area contributed by atoms with E-state index in [1.54, 1.807) is 12.3 Å². The van der Waals surface area contributed by atoms with Gasteiger partial charge in [-0.05, 0) is 12.1 Å². The Hall–Kier alpha value is -0.750. The fourth-order valence-corrected chi connectivity index (χ4v) is 2.16. The van der Waals surface area contributed by atoms with Crippen molar-refractivity contribution in [3.8, 4) is 0 Å². The molecular formula is C9H11BrN2O2S. The molecule has 82 valence electrons. The van der Waals surface area contributed by atoms with Crippen LogP contribution in [0.15, 0.2) is 23.4 Å². The van der Waals surface area contributed by atoms with E-state index in [9.17, 15) is 4.79 Å². The lowest BCUT2D eigenvalue weighted by molar-refractivity contribution is -0.139. The third-order valence-electron chi connectivity index (χ3n) is 1.59. The van der Waals surface area contributed by atoms with Gasteiger partial charge in [-0.15, -0.1) is 11.8 Å². The number of pyridine rings is 1. The van der Waals surface area contributed by atoms with Gasteiger partial charge in [-0.2, -0.15) is 0 Å². The van der Waals surface area contributed by atoms with Crippen LogP contribution in [0, 0.1) is 0 Å².